The van der Waals surface area contributed by atoms with Gasteiger partial charge < -0.3 is 14.6 Å². The van der Waals surface area contributed by atoms with Crippen LogP contribution in [-0.2, 0) is 6.42 Å². The number of ether oxygens (including phenoxy) is 1. The monoisotopic (exact) mass is 444 g/mol. The molecule has 7 heteroatoms. The first kappa shape index (κ1) is 21.1. The van der Waals surface area contributed by atoms with Crippen LogP contribution >= 0.6 is 0 Å². The number of aromatic amines is 1. The number of fused-ring (bicyclic) bond motifs is 1. The molecule has 1 aliphatic carbocycles. The number of nitrogens with one attached hydrogen (secondary N) is 1. The molecule has 0 bridgehead atoms. The lowest BCUT2D eigenvalue weighted by molar-refractivity contribution is 0.0744. The van der Waals surface area contributed by atoms with Gasteiger partial charge in [-0.05, 0) is 61.1 Å². The number of aromatic nitrogens is 3. The second-order valence-corrected chi connectivity index (χ2v) is 8.43. The molecule has 2 aromatic heterocycles. The van der Waals surface area contributed by atoms with Crippen LogP contribution in [0.2, 0.25) is 0 Å². The summed E-state index contributed by atoms with van der Waals surface area (Å²) in [4.78, 5) is 27.6. The van der Waals surface area contributed by atoms with Crippen molar-refractivity contribution in [2.45, 2.75) is 19.3 Å². The topological polar surface area (TPSA) is 71.1 Å². The van der Waals surface area contributed by atoms with Gasteiger partial charge in [0.05, 0.1) is 7.11 Å². The zero-order valence-corrected chi connectivity index (χ0v) is 18.4. The van der Waals surface area contributed by atoms with Crippen LogP contribution < -0.4 is 4.74 Å². The number of benzene rings is 2. The number of amides is 1. The van der Waals surface area contributed by atoms with Gasteiger partial charge in [0.15, 0.2) is 5.69 Å². The third-order valence-corrected chi connectivity index (χ3v) is 6.09. The van der Waals surface area contributed by atoms with Gasteiger partial charge in [0.1, 0.15) is 17.3 Å². The summed E-state index contributed by atoms with van der Waals surface area (Å²) < 4.78 is 19.1. The predicted octanol–water partition coefficient (Wildman–Crippen LogP) is 4.87. The van der Waals surface area contributed by atoms with E-state index in [1.165, 1.54) is 12.1 Å². The molecule has 168 valence electrons. The zero-order valence-electron chi connectivity index (χ0n) is 18.4. The molecule has 0 unspecified atom stereocenters. The van der Waals surface area contributed by atoms with E-state index in [0.717, 1.165) is 34.9 Å². The first-order chi connectivity index (χ1) is 16.1. The minimum Gasteiger partial charge on any atom is -0.497 e. The van der Waals surface area contributed by atoms with Crippen LogP contribution in [0.25, 0.3) is 22.2 Å². The molecule has 2 aromatic carbocycles. The summed E-state index contributed by atoms with van der Waals surface area (Å²) in [5.74, 6) is 0.805. The van der Waals surface area contributed by atoms with Crippen molar-refractivity contribution in [3.8, 4) is 17.0 Å². The van der Waals surface area contributed by atoms with Crippen LogP contribution in [0, 0.1) is 11.7 Å². The number of H-pyrrole nitrogens is 1. The maximum absolute atomic E-state index is 13.8. The standard InChI is InChI=1S/C26H25FN4O2/c1-33-21-4-2-3-18(13-21)24-25(29-11-10-28-24)26(32)31(16-17-5-6-17)12-9-19-15-30-23-8-7-20(27)14-22(19)23/h2-4,7-8,10-11,13-15,17,30H,5-6,9,12,16H2,1H3. The quantitative estimate of drug-likeness (QED) is 0.421. The van der Waals surface area contributed by atoms with E-state index in [2.05, 4.69) is 15.0 Å². The Hall–Kier alpha value is -3.74. The van der Waals surface area contributed by atoms with Crippen molar-refractivity contribution >= 4 is 16.8 Å². The van der Waals surface area contributed by atoms with Gasteiger partial charge in [0, 0.05) is 48.1 Å². The first-order valence-corrected chi connectivity index (χ1v) is 11.1. The Balaban J connectivity index is 1.42. The molecule has 1 N–H and O–H groups in total. The largest absolute Gasteiger partial charge is 0.497 e. The molecular formula is C26H25FN4O2. The molecule has 0 aliphatic heterocycles. The van der Waals surface area contributed by atoms with E-state index in [4.69, 9.17) is 4.74 Å². The van der Waals surface area contributed by atoms with E-state index in [1.54, 1.807) is 25.6 Å². The Labute approximate surface area is 191 Å². The van der Waals surface area contributed by atoms with Crippen LogP contribution in [-0.4, -0.2) is 46.0 Å². The number of carbonyl (C=O) groups excluding carboxylic acids is 1. The van der Waals surface area contributed by atoms with Crippen LogP contribution in [0.4, 0.5) is 4.39 Å². The fourth-order valence-electron chi connectivity index (χ4n) is 4.13. The molecule has 0 spiro atoms. The number of hydrogen-bond acceptors (Lipinski definition) is 4. The van der Waals surface area contributed by atoms with Crippen molar-refractivity contribution in [3.63, 3.8) is 0 Å². The highest BCUT2D eigenvalue weighted by Crippen LogP contribution is 2.31. The van der Waals surface area contributed by atoms with Crippen molar-refractivity contribution in [3.05, 3.63) is 78.1 Å². The second-order valence-electron chi connectivity index (χ2n) is 8.43. The van der Waals surface area contributed by atoms with Gasteiger partial charge in [-0.25, -0.2) is 9.37 Å². The fraction of sp³-hybridized carbons (Fsp3) is 0.269. The number of methoxy groups -OCH3 is 1. The minimum absolute atomic E-state index is 0.140. The van der Waals surface area contributed by atoms with Crippen LogP contribution in [0.3, 0.4) is 0 Å². The predicted molar refractivity (Wildman–Crippen MR) is 125 cm³/mol. The normalized spacial score (nSPS) is 13.3. The molecule has 1 fully saturated rings. The minimum atomic E-state index is -0.267. The summed E-state index contributed by atoms with van der Waals surface area (Å²) in [5.41, 5.74) is 3.53. The highest BCUT2D eigenvalue weighted by atomic mass is 19.1. The average Bonchev–Trinajstić information content (AvgIpc) is 3.59. The van der Waals surface area contributed by atoms with E-state index < -0.39 is 0 Å². The maximum atomic E-state index is 13.8. The SMILES string of the molecule is COc1cccc(-c2nccnc2C(=O)N(CCc2c[nH]c3ccc(F)cc23)CC2CC2)c1. The van der Waals surface area contributed by atoms with Gasteiger partial charge in [-0.1, -0.05) is 12.1 Å². The summed E-state index contributed by atoms with van der Waals surface area (Å²) >= 11 is 0. The number of rotatable bonds is 8. The number of carbonyl (C=O) groups is 1. The smallest absolute Gasteiger partial charge is 0.274 e. The van der Waals surface area contributed by atoms with E-state index in [-0.39, 0.29) is 11.7 Å². The first-order valence-electron chi connectivity index (χ1n) is 11.1. The molecule has 0 atom stereocenters. The number of hydrogen-bond donors (Lipinski definition) is 1. The summed E-state index contributed by atoms with van der Waals surface area (Å²) in [6, 6.07) is 12.2. The molecule has 6 nitrogen and oxygen atoms in total. The van der Waals surface area contributed by atoms with Gasteiger partial charge >= 0.3 is 0 Å². The molecule has 1 aliphatic rings. The van der Waals surface area contributed by atoms with E-state index in [0.29, 0.717) is 42.6 Å². The van der Waals surface area contributed by atoms with Crippen molar-refractivity contribution in [2.75, 3.05) is 20.2 Å². The van der Waals surface area contributed by atoms with Crippen molar-refractivity contribution in [1.29, 1.82) is 0 Å². The Morgan fingerprint density at radius 1 is 1.18 bits per heavy atom. The van der Waals surface area contributed by atoms with E-state index >= 15 is 0 Å². The van der Waals surface area contributed by atoms with Crippen LogP contribution in [0.5, 0.6) is 5.75 Å². The lowest BCUT2D eigenvalue weighted by Crippen LogP contribution is -2.35. The average molecular weight is 445 g/mol. The lowest BCUT2D eigenvalue weighted by Gasteiger charge is -2.23. The molecule has 0 saturated heterocycles. The highest BCUT2D eigenvalue weighted by Gasteiger charge is 2.29. The lowest BCUT2D eigenvalue weighted by atomic mass is 10.1. The molecule has 0 radical (unpaired) electrons. The van der Waals surface area contributed by atoms with Gasteiger partial charge in [0.25, 0.3) is 5.91 Å². The summed E-state index contributed by atoms with van der Waals surface area (Å²) in [6.45, 7) is 1.20. The molecule has 33 heavy (non-hydrogen) atoms. The summed E-state index contributed by atoms with van der Waals surface area (Å²) in [5, 5.41) is 0.852. The van der Waals surface area contributed by atoms with Crippen molar-refractivity contribution in [2.24, 2.45) is 5.92 Å². The summed E-state index contributed by atoms with van der Waals surface area (Å²) in [6.07, 6.45) is 7.92. The Morgan fingerprint density at radius 3 is 2.85 bits per heavy atom. The fourth-order valence-corrected chi connectivity index (χ4v) is 4.13. The molecule has 1 amide bonds. The van der Waals surface area contributed by atoms with Gasteiger partial charge in [0.2, 0.25) is 0 Å². The van der Waals surface area contributed by atoms with Gasteiger partial charge in [-0.2, -0.15) is 0 Å². The second kappa shape index (κ2) is 9.02. The highest BCUT2D eigenvalue weighted by molar-refractivity contribution is 5.98. The number of halogens is 1. The Morgan fingerprint density at radius 2 is 2.03 bits per heavy atom. The summed E-state index contributed by atoms with van der Waals surface area (Å²) in [7, 11) is 1.61. The Bertz CT molecular complexity index is 1300. The van der Waals surface area contributed by atoms with Gasteiger partial charge in [-0.3, -0.25) is 9.78 Å². The van der Waals surface area contributed by atoms with Crippen LogP contribution in [0.15, 0.2) is 61.1 Å². The molecule has 2 heterocycles. The molecule has 1 saturated carbocycles. The molecule has 5 rings (SSSR count). The third-order valence-electron chi connectivity index (χ3n) is 6.09. The molecule has 4 aromatic rings. The number of nitrogens with zero attached hydrogens (tertiary/aromatic N) is 3. The van der Waals surface area contributed by atoms with Crippen LogP contribution in [0.1, 0.15) is 28.9 Å². The van der Waals surface area contributed by atoms with Gasteiger partial charge in [-0.15, -0.1) is 0 Å². The molecular weight excluding hydrogens is 419 g/mol. The third kappa shape index (κ3) is 4.58. The van der Waals surface area contributed by atoms with E-state index in [9.17, 15) is 9.18 Å². The van der Waals surface area contributed by atoms with E-state index in [1.807, 2.05) is 35.4 Å². The van der Waals surface area contributed by atoms with Crippen molar-refractivity contribution in [1.82, 2.24) is 19.9 Å². The Kier molecular flexibility index (Phi) is 5.77. The van der Waals surface area contributed by atoms with Crippen molar-refractivity contribution < 1.29 is 13.9 Å². The maximum Gasteiger partial charge on any atom is 0.274 e. The zero-order chi connectivity index (χ0) is 22.8.